The van der Waals surface area contributed by atoms with Gasteiger partial charge in [-0.25, -0.2) is 9.78 Å². The van der Waals surface area contributed by atoms with Gasteiger partial charge in [0.2, 0.25) is 0 Å². The number of H-pyrrole nitrogens is 1. The molecule has 3 aliphatic rings. The highest BCUT2D eigenvalue weighted by Crippen LogP contribution is 2.33. The fraction of sp³-hybridized carbons (Fsp3) is 0.500. The average molecular weight is 287 g/mol. The van der Waals surface area contributed by atoms with Gasteiger partial charge in [0.25, 0.3) is 0 Å². The summed E-state index contributed by atoms with van der Waals surface area (Å²) in [6, 6.07) is 0. The number of hydrogen-bond donors (Lipinski definition) is 3. The normalized spacial score (nSPS) is 27.2. The highest BCUT2D eigenvalue weighted by Gasteiger charge is 2.35. The van der Waals surface area contributed by atoms with Crippen molar-refractivity contribution >= 4 is 11.6 Å². The number of ether oxygens (including phenoxy) is 1. The number of aromatic nitrogens is 4. The van der Waals surface area contributed by atoms with Gasteiger partial charge in [-0.3, -0.25) is 4.57 Å². The number of halogens is 1. The highest BCUT2D eigenvalue weighted by atomic mass is 35.5. The first-order chi connectivity index (χ1) is 9.10. The Balaban J connectivity index is 2.00. The molecule has 9 heteroatoms. The maximum absolute atomic E-state index is 11.1. The molecule has 1 fully saturated rings. The second kappa shape index (κ2) is 4.57. The zero-order valence-electron chi connectivity index (χ0n) is 9.65. The summed E-state index contributed by atoms with van der Waals surface area (Å²) in [5.74, 6) is 0.225. The first-order valence-corrected chi connectivity index (χ1v) is 6.04. The molecular weight excluding hydrogens is 276 g/mol. The van der Waals surface area contributed by atoms with E-state index >= 15 is 0 Å². The van der Waals surface area contributed by atoms with Crippen molar-refractivity contribution in [1.29, 1.82) is 0 Å². The monoisotopic (exact) mass is 286 g/mol. The minimum atomic E-state index is -0.772. The molecule has 1 unspecified atom stereocenters. The minimum absolute atomic E-state index is 0.218. The van der Waals surface area contributed by atoms with Crippen LogP contribution in [-0.4, -0.2) is 48.5 Å². The Labute approximate surface area is 112 Å². The van der Waals surface area contributed by atoms with E-state index in [4.69, 9.17) is 21.4 Å². The van der Waals surface area contributed by atoms with E-state index in [1.54, 1.807) is 0 Å². The summed E-state index contributed by atoms with van der Waals surface area (Å²) in [7, 11) is 0. The number of hydrogen-bond acceptors (Lipinski definition) is 6. The lowest BCUT2D eigenvalue weighted by molar-refractivity contribution is -0.0447. The van der Waals surface area contributed by atoms with E-state index < -0.39 is 24.1 Å². The Kier molecular flexibility index (Phi) is 3.02. The molecule has 0 saturated carbocycles. The van der Waals surface area contributed by atoms with Gasteiger partial charge in [-0.1, -0.05) is 11.6 Å². The summed E-state index contributed by atoms with van der Waals surface area (Å²) < 4.78 is 6.96. The molecule has 0 radical (unpaired) electrons. The van der Waals surface area contributed by atoms with Crippen LogP contribution in [0.15, 0.2) is 11.1 Å². The van der Waals surface area contributed by atoms with Crippen LogP contribution >= 0.6 is 11.6 Å². The predicted octanol–water partition coefficient (Wildman–Crippen LogP) is -0.635. The van der Waals surface area contributed by atoms with Crippen molar-refractivity contribution in [1.82, 2.24) is 19.5 Å². The molecule has 3 rings (SSSR count). The molecule has 3 heterocycles. The van der Waals surface area contributed by atoms with Crippen molar-refractivity contribution in [3.8, 4) is 11.5 Å². The Hall–Kier alpha value is -1.48. The number of nitrogens with zero attached hydrogens (tertiary/aromatic N) is 3. The van der Waals surface area contributed by atoms with Gasteiger partial charge in [-0.2, -0.15) is 4.98 Å². The number of aliphatic hydroxyl groups excluding tert-OH is 2. The van der Waals surface area contributed by atoms with Crippen molar-refractivity contribution in [3.63, 3.8) is 0 Å². The molecule has 0 amide bonds. The number of nitrogens with one attached hydrogen (secondary N) is 1. The lowest BCUT2D eigenvalue weighted by Gasteiger charge is -2.17. The zero-order chi connectivity index (χ0) is 13.6. The predicted molar refractivity (Wildman–Crippen MR) is 63.9 cm³/mol. The lowest BCUT2D eigenvalue weighted by Crippen LogP contribution is -2.24. The molecule has 19 heavy (non-hydrogen) atoms. The van der Waals surface area contributed by atoms with E-state index in [0.29, 0.717) is 5.69 Å². The maximum atomic E-state index is 11.1. The maximum Gasteiger partial charge on any atom is 0.347 e. The first-order valence-electron chi connectivity index (χ1n) is 5.67. The molecule has 0 bridgehead atoms. The minimum Gasteiger partial charge on any atom is -0.394 e. The summed E-state index contributed by atoms with van der Waals surface area (Å²) in [4.78, 5) is 21.3. The molecule has 8 nitrogen and oxygen atoms in total. The van der Waals surface area contributed by atoms with E-state index in [2.05, 4.69) is 15.0 Å². The number of fused-ring (bicyclic) bond motifs is 1. The van der Waals surface area contributed by atoms with Crippen LogP contribution in [0, 0.1) is 0 Å². The fourth-order valence-electron chi connectivity index (χ4n) is 2.13. The van der Waals surface area contributed by atoms with Crippen molar-refractivity contribution < 1.29 is 14.9 Å². The molecule has 3 N–H and O–H groups in total. The molecule has 0 aromatic rings. The van der Waals surface area contributed by atoms with Gasteiger partial charge in [-0.15, -0.1) is 0 Å². The number of aromatic amines is 1. The summed E-state index contributed by atoms with van der Waals surface area (Å²) in [6.07, 6.45) is -0.300. The molecule has 1 saturated heterocycles. The number of imidazole rings is 1. The van der Waals surface area contributed by atoms with Gasteiger partial charge in [-0.05, 0) is 0 Å². The third-order valence-corrected chi connectivity index (χ3v) is 3.48. The van der Waals surface area contributed by atoms with Crippen molar-refractivity contribution in [3.05, 3.63) is 22.0 Å². The summed E-state index contributed by atoms with van der Waals surface area (Å²) in [5.41, 5.74) is -0.206. The van der Waals surface area contributed by atoms with Gasteiger partial charge in [0.1, 0.15) is 29.5 Å². The largest absolute Gasteiger partial charge is 0.394 e. The topological polar surface area (TPSA) is 113 Å². The number of rotatable bonds is 2. The zero-order valence-corrected chi connectivity index (χ0v) is 10.4. The Morgan fingerprint density at radius 1 is 1.63 bits per heavy atom. The fourth-order valence-corrected chi connectivity index (χ4v) is 2.41. The van der Waals surface area contributed by atoms with E-state index in [1.807, 2.05) is 0 Å². The van der Waals surface area contributed by atoms with Crippen LogP contribution in [0.1, 0.15) is 12.6 Å². The van der Waals surface area contributed by atoms with Gasteiger partial charge in [0.05, 0.1) is 12.7 Å². The van der Waals surface area contributed by atoms with Crippen LogP contribution in [0.4, 0.5) is 0 Å². The van der Waals surface area contributed by atoms with E-state index in [0.717, 1.165) is 0 Å². The van der Waals surface area contributed by atoms with E-state index in [9.17, 15) is 9.90 Å². The molecular formula is C10H11ClN4O4. The van der Waals surface area contributed by atoms with Crippen LogP contribution in [0.2, 0.25) is 5.15 Å². The molecule has 3 aliphatic heterocycles. The third-order valence-electron chi connectivity index (χ3n) is 3.09. The lowest BCUT2D eigenvalue weighted by atomic mass is 10.2. The van der Waals surface area contributed by atoms with Crippen LogP contribution in [0.5, 0.6) is 0 Å². The van der Waals surface area contributed by atoms with E-state index in [1.165, 1.54) is 10.9 Å². The molecule has 102 valence electrons. The second-order valence-corrected chi connectivity index (χ2v) is 4.66. The van der Waals surface area contributed by atoms with Gasteiger partial charge in [0, 0.05) is 6.42 Å². The molecule has 0 spiro atoms. The van der Waals surface area contributed by atoms with Crippen molar-refractivity contribution in [2.45, 2.75) is 24.9 Å². The smallest absolute Gasteiger partial charge is 0.347 e. The Bertz CT molecular complexity index is 627. The molecule has 0 aliphatic carbocycles. The Morgan fingerprint density at radius 3 is 3.11 bits per heavy atom. The second-order valence-electron chi connectivity index (χ2n) is 4.30. The van der Waals surface area contributed by atoms with E-state index in [-0.39, 0.29) is 24.0 Å². The first kappa shape index (κ1) is 12.5. The Morgan fingerprint density at radius 2 is 2.42 bits per heavy atom. The third kappa shape index (κ3) is 2.02. The highest BCUT2D eigenvalue weighted by molar-refractivity contribution is 6.31. The summed E-state index contributed by atoms with van der Waals surface area (Å²) >= 11 is 6.16. The van der Waals surface area contributed by atoms with Crippen LogP contribution in [0.25, 0.3) is 11.5 Å². The average Bonchev–Trinajstić information content (AvgIpc) is 2.92. The standard InChI is InChI=1S/C10H11ClN4O4/c11-8-7-9(14-10(18)13-7)12-3-15(8)6-1-4(17)5(2-16)19-6/h3-6,16-17H,1-2H2,(H,13,18)/t4-,5+,6?/m0/s1. The summed E-state index contributed by atoms with van der Waals surface area (Å²) in [6.45, 7) is -0.277. The molecule has 3 atom stereocenters. The number of aliphatic hydroxyl groups is 2. The van der Waals surface area contributed by atoms with Crippen LogP contribution in [0.3, 0.4) is 0 Å². The SMILES string of the molecule is O=c1nc2ncn(C3C[C@H](O)[C@@H](CO)O3)c(Cl)c-2[nH]1. The van der Waals surface area contributed by atoms with Gasteiger partial charge >= 0.3 is 5.69 Å². The molecule has 0 aromatic carbocycles. The van der Waals surface area contributed by atoms with Crippen molar-refractivity contribution in [2.75, 3.05) is 6.61 Å². The van der Waals surface area contributed by atoms with Crippen LogP contribution in [-0.2, 0) is 4.74 Å². The van der Waals surface area contributed by atoms with Gasteiger partial charge in [0.15, 0.2) is 5.82 Å². The quantitative estimate of drug-likeness (QED) is 0.633. The molecule has 0 aromatic heterocycles. The summed E-state index contributed by atoms with van der Waals surface area (Å²) in [5, 5.41) is 19.0. The van der Waals surface area contributed by atoms with Gasteiger partial charge < -0.3 is 19.9 Å². The van der Waals surface area contributed by atoms with Crippen LogP contribution < -0.4 is 5.69 Å². The van der Waals surface area contributed by atoms with Crippen molar-refractivity contribution in [2.24, 2.45) is 0 Å².